The maximum Gasteiger partial charge on any atom is 0.224 e. The molecule has 1 aliphatic rings. The molecular weight excluding hydrogens is 348 g/mol. The van der Waals surface area contributed by atoms with Crippen molar-refractivity contribution >= 4 is 5.69 Å². The third-order valence-electron chi connectivity index (χ3n) is 5.42. The maximum absolute atomic E-state index is 13.0. The van der Waals surface area contributed by atoms with Gasteiger partial charge in [0.25, 0.3) is 0 Å². The van der Waals surface area contributed by atoms with E-state index in [-0.39, 0.29) is 5.43 Å². The second-order valence-electron chi connectivity index (χ2n) is 7.88. The lowest BCUT2D eigenvalue weighted by atomic mass is 10.1. The van der Waals surface area contributed by atoms with E-state index in [0.717, 1.165) is 37.3 Å². The number of hydrogen-bond acceptors (Lipinski definition) is 4. The minimum Gasteiger partial charge on any atom is -0.490 e. The molecule has 4 nitrogen and oxygen atoms in total. The number of hydrogen-bond donors (Lipinski definition) is 0. The number of nitrogens with zero attached hydrogens (tertiary/aromatic N) is 2. The number of benzene rings is 1. The van der Waals surface area contributed by atoms with Crippen molar-refractivity contribution in [2.24, 2.45) is 0 Å². The molecule has 0 atom stereocenters. The SMILES string of the molecule is CCOc1cc(C(C)C)ccc(CN2CCN(c3ccc(C)cc3)CC2)c1=O. The number of piperazine rings is 1. The van der Waals surface area contributed by atoms with Gasteiger partial charge in [-0.2, -0.15) is 0 Å². The highest BCUT2D eigenvalue weighted by Gasteiger charge is 2.19. The van der Waals surface area contributed by atoms with Gasteiger partial charge in [-0.3, -0.25) is 9.69 Å². The van der Waals surface area contributed by atoms with E-state index in [0.29, 0.717) is 24.8 Å². The van der Waals surface area contributed by atoms with E-state index in [1.807, 2.05) is 19.1 Å². The van der Waals surface area contributed by atoms with Gasteiger partial charge < -0.3 is 9.64 Å². The predicted octanol–water partition coefficient (Wildman–Crippen LogP) is 4.20. The zero-order valence-corrected chi connectivity index (χ0v) is 17.6. The average Bonchev–Trinajstić information content (AvgIpc) is 2.84. The maximum atomic E-state index is 13.0. The molecule has 1 aliphatic heterocycles. The second-order valence-corrected chi connectivity index (χ2v) is 7.88. The first-order valence-corrected chi connectivity index (χ1v) is 10.3. The molecule has 1 fully saturated rings. The van der Waals surface area contributed by atoms with Gasteiger partial charge in [-0.25, -0.2) is 0 Å². The highest BCUT2D eigenvalue weighted by Crippen LogP contribution is 2.20. The van der Waals surface area contributed by atoms with Crippen LogP contribution >= 0.6 is 0 Å². The van der Waals surface area contributed by atoms with E-state index < -0.39 is 0 Å². The Labute approximate surface area is 168 Å². The molecule has 28 heavy (non-hydrogen) atoms. The van der Waals surface area contributed by atoms with Crippen molar-refractivity contribution < 1.29 is 4.74 Å². The van der Waals surface area contributed by atoms with Crippen molar-refractivity contribution in [1.29, 1.82) is 0 Å². The molecule has 0 spiro atoms. The quantitative estimate of drug-likeness (QED) is 0.752. The van der Waals surface area contributed by atoms with E-state index >= 15 is 0 Å². The largest absolute Gasteiger partial charge is 0.490 e. The monoisotopic (exact) mass is 380 g/mol. The van der Waals surface area contributed by atoms with Crippen molar-refractivity contribution in [3.05, 3.63) is 69.4 Å². The molecule has 0 unspecified atom stereocenters. The highest BCUT2D eigenvalue weighted by atomic mass is 16.5. The van der Waals surface area contributed by atoms with Gasteiger partial charge in [0.2, 0.25) is 5.43 Å². The lowest BCUT2D eigenvalue weighted by Gasteiger charge is -2.36. The number of rotatable bonds is 6. The van der Waals surface area contributed by atoms with E-state index in [4.69, 9.17) is 4.74 Å². The molecule has 3 rings (SSSR count). The minimum atomic E-state index is 0.0229. The average molecular weight is 381 g/mol. The first-order valence-electron chi connectivity index (χ1n) is 10.3. The Morgan fingerprint density at radius 3 is 2.29 bits per heavy atom. The van der Waals surface area contributed by atoms with Crippen molar-refractivity contribution in [3.8, 4) is 5.75 Å². The summed E-state index contributed by atoms with van der Waals surface area (Å²) in [5.41, 5.74) is 4.54. The van der Waals surface area contributed by atoms with Gasteiger partial charge in [0.15, 0.2) is 5.75 Å². The van der Waals surface area contributed by atoms with Crippen LogP contribution in [0.2, 0.25) is 0 Å². The Kier molecular flexibility index (Phi) is 6.74. The van der Waals surface area contributed by atoms with Gasteiger partial charge in [-0.15, -0.1) is 0 Å². The molecule has 0 amide bonds. The summed E-state index contributed by atoms with van der Waals surface area (Å²) >= 11 is 0. The van der Waals surface area contributed by atoms with E-state index in [1.165, 1.54) is 11.3 Å². The zero-order valence-electron chi connectivity index (χ0n) is 17.6. The van der Waals surface area contributed by atoms with Gasteiger partial charge in [0.05, 0.1) is 6.61 Å². The molecule has 2 aromatic carbocycles. The van der Waals surface area contributed by atoms with Gasteiger partial charge in [-0.1, -0.05) is 43.7 Å². The summed E-state index contributed by atoms with van der Waals surface area (Å²) in [6.45, 7) is 13.4. The molecule has 0 bridgehead atoms. The van der Waals surface area contributed by atoms with Crippen molar-refractivity contribution in [1.82, 2.24) is 4.90 Å². The van der Waals surface area contributed by atoms with Crippen molar-refractivity contribution in [2.75, 3.05) is 37.7 Å². The van der Waals surface area contributed by atoms with Gasteiger partial charge in [0.1, 0.15) is 0 Å². The van der Waals surface area contributed by atoms with Crippen LogP contribution in [0.1, 0.15) is 43.4 Å². The van der Waals surface area contributed by atoms with Crippen LogP contribution in [0.4, 0.5) is 5.69 Å². The molecule has 0 aromatic heterocycles. The molecule has 0 radical (unpaired) electrons. The first kappa shape index (κ1) is 20.4. The molecular formula is C24H32N2O2. The predicted molar refractivity (Wildman–Crippen MR) is 117 cm³/mol. The number of anilines is 1. The normalized spacial score (nSPS) is 15.1. The van der Waals surface area contributed by atoms with E-state index in [9.17, 15) is 4.79 Å². The van der Waals surface area contributed by atoms with Crippen LogP contribution in [0, 0.1) is 6.92 Å². The molecule has 2 aromatic rings. The Bertz CT molecular complexity index is 838. The third-order valence-corrected chi connectivity index (χ3v) is 5.42. The number of aryl methyl sites for hydroxylation is 1. The molecule has 150 valence electrons. The number of ether oxygens (including phenoxy) is 1. The summed E-state index contributed by atoms with van der Waals surface area (Å²) in [5.74, 6) is 0.835. The van der Waals surface area contributed by atoms with E-state index in [1.54, 1.807) is 0 Å². The standard InChI is InChI=1S/C24H32N2O2/c1-5-28-23-16-20(18(2)3)8-9-21(24(23)27)17-25-12-14-26(15-13-25)22-10-6-19(4)7-11-22/h6-11,16,18H,5,12-15,17H2,1-4H3. The Balaban J connectivity index is 1.72. The summed E-state index contributed by atoms with van der Waals surface area (Å²) in [7, 11) is 0. The van der Waals surface area contributed by atoms with Gasteiger partial charge in [-0.05, 0) is 43.5 Å². The van der Waals surface area contributed by atoms with Crippen LogP contribution < -0.4 is 15.1 Å². The second kappa shape index (κ2) is 9.24. The van der Waals surface area contributed by atoms with Crippen LogP contribution in [0.5, 0.6) is 5.75 Å². The molecule has 0 aliphatic carbocycles. The Morgan fingerprint density at radius 1 is 1.00 bits per heavy atom. The topological polar surface area (TPSA) is 32.8 Å². The summed E-state index contributed by atoms with van der Waals surface area (Å²) in [6, 6.07) is 14.7. The molecule has 4 heteroatoms. The van der Waals surface area contributed by atoms with E-state index in [2.05, 4.69) is 60.9 Å². The lowest BCUT2D eigenvalue weighted by Crippen LogP contribution is -2.46. The van der Waals surface area contributed by atoms with Crippen LogP contribution in [0.25, 0.3) is 0 Å². The Hall–Kier alpha value is -2.33. The van der Waals surface area contributed by atoms with Crippen molar-refractivity contribution in [2.45, 2.75) is 40.2 Å². The fraction of sp³-hybridized carbons (Fsp3) is 0.458. The summed E-state index contributed by atoms with van der Waals surface area (Å²) in [5, 5.41) is 0. The third kappa shape index (κ3) is 4.93. The smallest absolute Gasteiger partial charge is 0.224 e. The van der Waals surface area contributed by atoms with Crippen molar-refractivity contribution in [3.63, 3.8) is 0 Å². The van der Waals surface area contributed by atoms with Crippen LogP contribution in [-0.2, 0) is 6.54 Å². The lowest BCUT2D eigenvalue weighted by molar-refractivity contribution is 0.248. The molecule has 0 N–H and O–H groups in total. The van der Waals surface area contributed by atoms with Crippen LogP contribution in [0.3, 0.4) is 0 Å². The fourth-order valence-electron chi connectivity index (χ4n) is 3.60. The van der Waals surface area contributed by atoms with Crippen LogP contribution in [-0.4, -0.2) is 37.7 Å². The zero-order chi connectivity index (χ0) is 20.1. The molecule has 1 saturated heterocycles. The summed E-state index contributed by atoms with van der Waals surface area (Å²) in [4.78, 5) is 17.7. The Morgan fingerprint density at radius 2 is 1.68 bits per heavy atom. The molecule has 0 saturated carbocycles. The first-order chi connectivity index (χ1) is 13.5. The highest BCUT2D eigenvalue weighted by molar-refractivity contribution is 5.48. The van der Waals surface area contributed by atoms with Gasteiger partial charge in [0, 0.05) is 44.0 Å². The summed E-state index contributed by atoms with van der Waals surface area (Å²) < 4.78 is 5.66. The van der Waals surface area contributed by atoms with Crippen LogP contribution in [0.15, 0.2) is 47.3 Å². The van der Waals surface area contributed by atoms with Gasteiger partial charge >= 0.3 is 0 Å². The minimum absolute atomic E-state index is 0.0229. The summed E-state index contributed by atoms with van der Waals surface area (Å²) in [6.07, 6.45) is 0. The molecule has 1 heterocycles. The fourth-order valence-corrected chi connectivity index (χ4v) is 3.60.